The van der Waals surface area contributed by atoms with Gasteiger partial charge in [0.2, 0.25) is 0 Å². The molecule has 1 atom stereocenters. The van der Waals surface area contributed by atoms with Crippen molar-refractivity contribution in [2.75, 3.05) is 61.2 Å². The molecule has 0 saturated carbocycles. The maximum absolute atomic E-state index is 14.4. The summed E-state index contributed by atoms with van der Waals surface area (Å²) in [6.07, 6.45) is 7.54. The van der Waals surface area contributed by atoms with Crippen LogP contribution in [0.15, 0.2) is 118 Å². The highest BCUT2D eigenvalue weighted by Gasteiger charge is 2.56. The molecule has 350 valence electrons. The number of nitrogens with one attached hydrogen (secondary N) is 1. The fourth-order valence-corrected chi connectivity index (χ4v) is 13.2. The number of piperidine rings is 2. The Morgan fingerprint density at radius 1 is 0.818 bits per heavy atom. The van der Waals surface area contributed by atoms with Crippen LogP contribution in [0.2, 0.25) is 5.02 Å². The summed E-state index contributed by atoms with van der Waals surface area (Å²) in [4.78, 5) is 17.0. The number of thioether (sulfide) groups is 1. The van der Waals surface area contributed by atoms with Crippen molar-refractivity contribution in [1.29, 1.82) is 0 Å². The minimum Gasteiger partial charge on any atom is -0.360 e. The first-order valence-electron chi connectivity index (χ1n) is 22.5. The number of fused-ring (bicyclic) bond motifs is 1. The molecular weight excluding hydrogens is 927 g/mol. The van der Waals surface area contributed by atoms with Crippen molar-refractivity contribution in [2.24, 2.45) is 0 Å². The number of anilines is 2. The van der Waals surface area contributed by atoms with Crippen molar-refractivity contribution in [3.05, 3.63) is 125 Å². The molecule has 1 N–H and O–H groups in total. The summed E-state index contributed by atoms with van der Waals surface area (Å²) in [5, 5.41) is 0.700. The number of hydrogen-bond acceptors (Lipinski definition) is 11. The SMILES string of the molecule is O=S(=O)(Nc1ncnc2c1CCN(C1CCN(Cc3ccccc3-c3ccc(Cl)cc3)CC1)C2)c1ccc(N2C[C@@]2(CCN2CCCCC2)CSc2ccccc2)c(S(=O)(=O)C(F)(F)F)c1. The number of rotatable bonds is 15. The number of halogens is 4. The number of sulfone groups is 1. The summed E-state index contributed by atoms with van der Waals surface area (Å²) in [5.74, 6) is 0.535. The van der Waals surface area contributed by atoms with Gasteiger partial charge in [-0.3, -0.25) is 14.5 Å². The van der Waals surface area contributed by atoms with Gasteiger partial charge in [-0.1, -0.05) is 72.6 Å². The van der Waals surface area contributed by atoms with Crippen LogP contribution < -0.4 is 9.62 Å². The van der Waals surface area contributed by atoms with E-state index in [0.717, 1.165) is 75.3 Å². The van der Waals surface area contributed by atoms with Crippen LogP contribution in [0.3, 0.4) is 0 Å². The van der Waals surface area contributed by atoms with Gasteiger partial charge < -0.3 is 9.80 Å². The molecule has 0 amide bonds. The zero-order valence-electron chi connectivity index (χ0n) is 36.5. The highest BCUT2D eigenvalue weighted by atomic mass is 35.5. The largest absolute Gasteiger partial charge is 0.501 e. The zero-order chi connectivity index (χ0) is 46.1. The third kappa shape index (κ3) is 10.3. The van der Waals surface area contributed by atoms with Crippen LogP contribution in [0.5, 0.6) is 0 Å². The van der Waals surface area contributed by atoms with Crippen LogP contribution in [0.25, 0.3) is 11.1 Å². The molecule has 4 aliphatic heterocycles. The molecule has 11 nitrogen and oxygen atoms in total. The zero-order valence-corrected chi connectivity index (χ0v) is 39.7. The molecular formula is C48H53ClF3N7O4S3. The monoisotopic (exact) mass is 979 g/mol. The van der Waals surface area contributed by atoms with Gasteiger partial charge in [0, 0.05) is 60.0 Å². The number of alkyl halides is 3. The van der Waals surface area contributed by atoms with E-state index in [1.54, 1.807) is 16.7 Å². The summed E-state index contributed by atoms with van der Waals surface area (Å²) in [5.41, 5.74) is -1.63. The molecule has 3 fully saturated rings. The van der Waals surface area contributed by atoms with E-state index in [4.69, 9.17) is 11.6 Å². The summed E-state index contributed by atoms with van der Waals surface area (Å²) >= 11 is 7.72. The van der Waals surface area contributed by atoms with Crippen molar-refractivity contribution in [1.82, 2.24) is 24.7 Å². The van der Waals surface area contributed by atoms with E-state index >= 15 is 0 Å². The number of sulfonamides is 1. The lowest BCUT2D eigenvalue weighted by molar-refractivity contribution is -0.0435. The molecule has 0 spiro atoms. The standard InChI is InChI=1S/C48H53ClF3N7O4S3/c49-37-15-13-35(14-16-37)41-12-6-5-9-36(41)30-57-25-19-38(20-26-57)58-27-21-42-43(31-58)53-34-54-46(42)55-66(62,63)40-17-18-44(45(29-40)65(60,61)48(50,51)52)59-32-47(59,22-28-56-23-7-2-8-24-56)33-64-39-10-3-1-4-11-39/h1,3-6,9-18,29,34,38H,2,7-8,19-28,30-33H2,(H,53,54,55)/t47-,59?/m0/s1. The fourth-order valence-electron chi connectivity index (χ4n) is 9.73. The Morgan fingerprint density at radius 2 is 1.55 bits per heavy atom. The highest BCUT2D eigenvalue weighted by Crippen LogP contribution is 2.49. The van der Waals surface area contributed by atoms with Crippen molar-refractivity contribution in [2.45, 2.75) is 89.8 Å². The van der Waals surface area contributed by atoms with Crippen molar-refractivity contribution < 1.29 is 30.0 Å². The maximum atomic E-state index is 14.4. The van der Waals surface area contributed by atoms with Gasteiger partial charge in [-0.05, 0) is 124 Å². The summed E-state index contributed by atoms with van der Waals surface area (Å²) in [6.45, 7) is 6.68. The normalized spacial score (nSPS) is 20.3. The lowest BCUT2D eigenvalue weighted by Gasteiger charge is -2.40. The molecule has 4 aromatic carbocycles. The molecule has 5 heterocycles. The average molecular weight is 981 g/mol. The molecule has 0 bridgehead atoms. The van der Waals surface area contributed by atoms with Crippen LogP contribution in [-0.2, 0) is 39.4 Å². The lowest BCUT2D eigenvalue weighted by atomic mass is 9.96. The third-order valence-electron chi connectivity index (χ3n) is 13.5. The number of hydrogen-bond donors (Lipinski definition) is 1. The van der Waals surface area contributed by atoms with Gasteiger partial charge in [-0.2, -0.15) is 13.2 Å². The minimum atomic E-state index is -5.98. The van der Waals surface area contributed by atoms with Crippen LogP contribution in [0.1, 0.15) is 55.3 Å². The van der Waals surface area contributed by atoms with Gasteiger partial charge in [0.1, 0.15) is 17.0 Å². The van der Waals surface area contributed by atoms with Crippen LogP contribution >= 0.6 is 23.4 Å². The fraction of sp³-hybridized carbons (Fsp3) is 0.417. The van der Waals surface area contributed by atoms with E-state index in [0.29, 0.717) is 73.2 Å². The molecule has 0 unspecified atom stereocenters. The Hall–Kier alpha value is -4.23. The smallest absolute Gasteiger partial charge is 0.360 e. The second-order valence-corrected chi connectivity index (χ2v) is 22.9. The lowest BCUT2D eigenvalue weighted by Crippen LogP contribution is -2.46. The Morgan fingerprint density at radius 3 is 2.29 bits per heavy atom. The van der Waals surface area contributed by atoms with Crippen LogP contribution in [0, 0.1) is 0 Å². The molecule has 5 aromatic rings. The first-order chi connectivity index (χ1) is 31.7. The van der Waals surface area contributed by atoms with Gasteiger partial charge in [0.15, 0.2) is 0 Å². The second kappa shape index (κ2) is 19.4. The van der Waals surface area contributed by atoms with Gasteiger partial charge in [-0.25, -0.2) is 26.8 Å². The van der Waals surface area contributed by atoms with E-state index in [-0.39, 0.29) is 11.5 Å². The molecule has 18 heteroatoms. The van der Waals surface area contributed by atoms with E-state index in [1.807, 2.05) is 60.7 Å². The minimum absolute atomic E-state index is 0.0266. The predicted molar refractivity (Wildman–Crippen MR) is 254 cm³/mol. The number of benzene rings is 4. The van der Waals surface area contributed by atoms with E-state index in [9.17, 15) is 30.0 Å². The molecule has 0 radical (unpaired) electrons. The molecule has 1 aromatic heterocycles. The molecule has 3 saturated heterocycles. The Balaban J connectivity index is 0.896. The van der Waals surface area contributed by atoms with E-state index in [2.05, 4.69) is 47.6 Å². The van der Waals surface area contributed by atoms with Gasteiger partial charge in [0.25, 0.3) is 19.9 Å². The topological polar surface area (TPSA) is 119 Å². The molecule has 9 rings (SSSR count). The van der Waals surface area contributed by atoms with E-state index < -0.39 is 40.7 Å². The highest BCUT2D eigenvalue weighted by molar-refractivity contribution is 7.99. The van der Waals surface area contributed by atoms with Crippen molar-refractivity contribution in [3.63, 3.8) is 0 Å². The number of aromatic nitrogens is 2. The summed E-state index contributed by atoms with van der Waals surface area (Å²) < 4.78 is 101. The van der Waals surface area contributed by atoms with E-state index in [1.165, 1.54) is 29.6 Å². The first-order valence-corrected chi connectivity index (χ1v) is 26.8. The van der Waals surface area contributed by atoms with Crippen LogP contribution in [0.4, 0.5) is 24.7 Å². The quantitative estimate of drug-likeness (QED) is 0.0800. The van der Waals surface area contributed by atoms with Gasteiger partial charge in [-0.15, -0.1) is 11.8 Å². The van der Waals surface area contributed by atoms with Crippen molar-refractivity contribution in [3.8, 4) is 11.1 Å². The number of nitrogens with zero attached hydrogens (tertiary/aromatic N) is 6. The molecule has 4 aliphatic rings. The Labute approximate surface area is 394 Å². The number of likely N-dealkylation sites (tertiary alicyclic amines) is 2. The second-order valence-electron chi connectivity index (χ2n) is 17.8. The average Bonchev–Trinajstić information content (AvgIpc) is 4.05. The van der Waals surface area contributed by atoms with Gasteiger partial charge >= 0.3 is 5.51 Å². The Kier molecular flexibility index (Phi) is 13.8. The molecule has 0 aliphatic carbocycles. The predicted octanol–water partition coefficient (Wildman–Crippen LogP) is 9.14. The summed E-state index contributed by atoms with van der Waals surface area (Å²) in [7, 11) is -10.6. The van der Waals surface area contributed by atoms with Crippen LogP contribution in [-0.4, -0.2) is 110 Å². The Bertz CT molecular complexity index is 2740. The first kappa shape index (κ1) is 46.9. The summed E-state index contributed by atoms with van der Waals surface area (Å²) in [6, 6.07) is 29.3. The maximum Gasteiger partial charge on any atom is 0.501 e. The van der Waals surface area contributed by atoms with Gasteiger partial charge in [0.05, 0.1) is 21.8 Å². The van der Waals surface area contributed by atoms with Crippen molar-refractivity contribution >= 4 is 54.7 Å². The third-order valence-corrected chi connectivity index (χ3v) is 17.9. The molecule has 66 heavy (non-hydrogen) atoms.